The first kappa shape index (κ1) is 22.7. The minimum absolute atomic E-state index is 0.000555. The Bertz CT molecular complexity index is 1120. The maximum atomic E-state index is 13.0. The predicted octanol–water partition coefficient (Wildman–Crippen LogP) is 4.13. The van der Waals surface area contributed by atoms with Crippen molar-refractivity contribution in [1.82, 2.24) is 15.2 Å². The highest BCUT2D eigenvalue weighted by molar-refractivity contribution is 5.98. The number of para-hydroxylation sites is 1. The van der Waals surface area contributed by atoms with E-state index in [4.69, 9.17) is 9.47 Å². The lowest BCUT2D eigenvalue weighted by Crippen LogP contribution is -2.39. The number of carbonyl (C=O) groups is 2. The standard InChI is InChI=1S/C26H31N3O4/c1-3-33-24-7-5-4-6-20(24)17-27-25(30)14-18-10-12-29(13-11-18)26(31)23-15-19-8-9-21(32-2)16-22(19)28-23/h4-9,15-16,18,28H,3,10-14,17H2,1-2H3,(H,27,30). The number of rotatable bonds is 8. The molecule has 0 unspecified atom stereocenters. The van der Waals surface area contributed by atoms with Crippen molar-refractivity contribution >= 4 is 22.7 Å². The summed E-state index contributed by atoms with van der Waals surface area (Å²) in [4.78, 5) is 30.5. The van der Waals surface area contributed by atoms with Crippen molar-refractivity contribution in [2.45, 2.75) is 32.7 Å². The van der Waals surface area contributed by atoms with Gasteiger partial charge in [-0.3, -0.25) is 9.59 Å². The fourth-order valence-corrected chi connectivity index (χ4v) is 4.33. The van der Waals surface area contributed by atoms with Gasteiger partial charge >= 0.3 is 0 Å². The quantitative estimate of drug-likeness (QED) is 0.542. The SMILES string of the molecule is CCOc1ccccc1CNC(=O)CC1CCN(C(=O)c2cc3ccc(OC)cc3[nH]2)CC1. The lowest BCUT2D eigenvalue weighted by Gasteiger charge is -2.31. The average Bonchev–Trinajstić information content (AvgIpc) is 3.27. The van der Waals surface area contributed by atoms with Gasteiger partial charge in [-0.1, -0.05) is 18.2 Å². The number of amides is 2. The first-order chi connectivity index (χ1) is 16.1. The van der Waals surface area contributed by atoms with E-state index in [1.165, 1.54) is 0 Å². The molecule has 3 aromatic rings. The Morgan fingerprint density at radius 3 is 2.67 bits per heavy atom. The van der Waals surface area contributed by atoms with E-state index >= 15 is 0 Å². The highest BCUT2D eigenvalue weighted by Crippen LogP contribution is 2.25. The second-order valence-electron chi connectivity index (χ2n) is 8.39. The van der Waals surface area contributed by atoms with E-state index < -0.39 is 0 Å². The summed E-state index contributed by atoms with van der Waals surface area (Å²) in [6, 6.07) is 15.4. The number of piperidine rings is 1. The Hall–Kier alpha value is -3.48. The second kappa shape index (κ2) is 10.4. The molecule has 2 amide bonds. The molecule has 174 valence electrons. The van der Waals surface area contributed by atoms with Crippen LogP contribution >= 0.6 is 0 Å². The Morgan fingerprint density at radius 2 is 1.91 bits per heavy atom. The first-order valence-corrected chi connectivity index (χ1v) is 11.5. The maximum Gasteiger partial charge on any atom is 0.270 e. The summed E-state index contributed by atoms with van der Waals surface area (Å²) in [5.41, 5.74) is 2.45. The maximum absolute atomic E-state index is 13.0. The third kappa shape index (κ3) is 5.48. The lowest BCUT2D eigenvalue weighted by atomic mass is 9.93. The number of nitrogens with one attached hydrogen (secondary N) is 2. The number of likely N-dealkylation sites (tertiary alicyclic amines) is 1. The van der Waals surface area contributed by atoms with E-state index in [1.54, 1.807) is 7.11 Å². The number of carbonyl (C=O) groups excluding carboxylic acids is 2. The highest BCUT2D eigenvalue weighted by Gasteiger charge is 2.26. The number of hydrogen-bond acceptors (Lipinski definition) is 4. The van der Waals surface area contributed by atoms with Crippen molar-refractivity contribution < 1.29 is 19.1 Å². The van der Waals surface area contributed by atoms with Crippen LogP contribution in [0.15, 0.2) is 48.5 Å². The zero-order valence-electron chi connectivity index (χ0n) is 19.2. The van der Waals surface area contributed by atoms with E-state index in [0.717, 1.165) is 40.8 Å². The number of H-pyrrole nitrogens is 1. The summed E-state index contributed by atoms with van der Waals surface area (Å²) >= 11 is 0. The van der Waals surface area contributed by atoms with Crippen molar-refractivity contribution in [3.63, 3.8) is 0 Å². The molecule has 4 rings (SSSR count). The zero-order valence-corrected chi connectivity index (χ0v) is 19.2. The minimum Gasteiger partial charge on any atom is -0.497 e. The number of hydrogen-bond donors (Lipinski definition) is 2. The normalized spacial score (nSPS) is 14.3. The third-order valence-electron chi connectivity index (χ3n) is 6.18. The average molecular weight is 450 g/mol. The van der Waals surface area contributed by atoms with Gasteiger partial charge < -0.3 is 24.7 Å². The van der Waals surface area contributed by atoms with Crippen LogP contribution in [0, 0.1) is 5.92 Å². The summed E-state index contributed by atoms with van der Waals surface area (Å²) in [5, 5.41) is 4.00. The third-order valence-corrected chi connectivity index (χ3v) is 6.18. The van der Waals surface area contributed by atoms with Crippen molar-refractivity contribution in [2.75, 3.05) is 26.8 Å². The Labute approximate surface area is 194 Å². The van der Waals surface area contributed by atoms with E-state index in [0.29, 0.717) is 38.4 Å². The van der Waals surface area contributed by atoms with Crippen LogP contribution < -0.4 is 14.8 Å². The molecule has 1 fully saturated rings. The molecule has 2 heterocycles. The minimum atomic E-state index is 0.000555. The fourth-order valence-electron chi connectivity index (χ4n) is 4.33. The van der Waals surface area contributed by atoms with Crippen LogP contribution in [0.5, 0.6) is 11.5 Å². The van der Waals surface area contributed by atoms with Crippen LogP contribution in [-0.2, 0) is 11.3 Å². The van der Waals surface area contributed by atoms with Gasteiger partial charge in [-0.05, 0) is 49.9 Å². The highest BCUT2D eigenvalue weighted by atomic mass is 16.5. The fraction of sp³-hybridized carbons (Fsp3) is 0.385. The summed E-state index contributed by atoms with van der Waals surface area (Å²) in [6.45, 7) is 4.31. The summed E-state index contributed by atoms with van der Waals surface area (Å²) < 4.78 is 10.9. The van der Waals surface area contributed by atoms with Crippen LogP contribution in [0.2, 0.25) is 0 Å². The van der Waals surface area contributed by atoms with E-state index in [1.807, 2.05) is 60.4 Å². The van der Waals surface area contributed by atoms with E-state index in [-0.39, 0.29) is 17.7 Å². The second-order valence-corrected chi connectivity index (χ2v) is 8.39. The molecule has 33 heavy (non-hydrogen) atoms. The van der Waals surface area contributed by atoms with Crippen molar-refractivity contribution in [3.8, 4) is 11.5 Å². The molecule has 0 aliphatic carbocycles. The lowest BCUT2D eigenvalue weighted by molar-refractivity contribution is -0.122. The van der Waals surface area contributed by atoms with Crippen LogP contribution in [0.1, 0.15) is 42.2 Å². The molecule has 1 aromatic heterocycles. The molecule has 7 heteroatoms. The molecular formula is C26H31N3O4. The van der Waals surface area contributed by atoms with E-state index in [2.05, 4.69) is 10.3 Å². The molecule has 0 radical (unpaired) electrons. The molecule has 0 saturated carbocycles. The van der Waals surface area contributed by atoms with E-state index in [9.17, 15) is 9.59 Å². The number of benzene rings is 2. The van der Waals surface area contributed by atoms with Crippen LogP contribution in [-0.4, -0.2) is 48.5 Å². The molecule has 2 N–H and O–H groups in total. The van der Waals surface area contributed by atoms with Gasteiger partial charge in [-0.2, -0.15) is 0 Å². The largest absolute Gasteiger partial charge is 0.497 e. The van der Waals surface area contributed by atoms with Gasteiger partial charge in [0.05, 0.1) is 13.7 Å². The van der Waals surface area contributed by atoms with Gasteiger partial charge in [-0.25, -0.2) is 0 Å². The molecule has 0 spiro atoms. The smallest absolute Gasteiger partial charge is 0.270 e. The Balaban J connectivity index is 1.26. The summed E-state index contributed by atoms with van der Waals surface area (Å²) in [6.07, 6.45) is 2.12. The molecule has 0 bridgehead atoms. The molecule has 1 aliphatic rings. The van der Waals surface area contributed by atoms with Gasteiger partial charge in [0, 0.05) is 48.6 Å². The van der Waals surface area contributed by atoms with Crippen molar-refractivity contribution in [2.24, 2.45) is 5.92 Å². The van der Waals surface area contributed by atoms with Gasteiger partial charge in [0.2, 0.25) is 5.91 Å². The molecule has 1 aliphatic heterocycles. The molecule has 7 nitrogen and oxygen atoms in total. The topological polar surface area (TPSA) is 83.7 Å². The van der Waals surface area contributed by atoms with Gasteiger partial charge in [0.25, 0.3) is 5.91 Å². The molecule has 1 saturated heterocycles. The van der Waals surface area contributed by atoms with Crippen LogP contribution in [0.3, 0.4) is 0 Å². The number of aromatic amines is 1. The number of nitrogens with zero attached hydrogens (tertiary/aromatic N) is 1. The zero-order chi connectivity index (χ0) is 23.2. The Morgan fingerprint density at radius 1 is 1.12 bits per heavy atom. The Kier molecular flexibility index (Phi) is 7.17. The number of aromatic nitrogens is 1. The van der Waals surface area contributed by atoms with Crippen molar-refractivity contribution in [1.29, 1.82) is 0 Å². The number of fused-ring (bicyclic) bond motifs is 1. The van der Waals surface area contributed by atoms with Crippen LogP contribution in [0.4, 0.5) is 0 Å². The number of methoxy groups -OCH3 is 1. The summed E-state index contributed by atoms with van der Waals surface area (Å²) in [7, 11) is 1.63. The molecule has 2 aromatic carbocycles. The monoisotopic (exact) mass is 449 g/mol. The number of ether oxygens (including phenoxy) is 2. The predicted molar refractivity (Wildman–Crippen MR) is 128 cm³/mol. The first-order valence-electron chi connectivity index (χ1n) is 11.5. The van der Waals surface area contributed by atoms with Crippen LogP contribution in [0.25, 0.3) is 10.9 Å². The van der Waals surface area contributed by atoms with Gasteiger partial charge in [0.15, 0.2) is 0 Å². The van der Waals surface area contributed by atoms with Crippen molar-refractivity contribution in [3.05, 3.63) is 59.8 Å². The summed E-state index contributed by atoms with van der Waals surface area (Å²) in [5.74, 6) is 1.88. The van der Waals surface area contributed by atoms with Gasteiger partial charge in [0.1, 0.15) is 17.2 Å². The molecule has 0 atom stereocenters. The van der Waals surface area contributed by atoms with Gasteiger partial charge in [-0.15, -0.1) is 0 Å². The molecular weight excluding hydrogens is 418 g/mol.